The van der Waals surface area contributed by atoms with Crippen molar-refractivity contribution in [2.75, 3.05) is 151 Å². The fraction of sp³-hybridized carbons (Fsp3) is 0.438. The number of rotatable bonds is 18. The summed E-state index contributed by atoms with van der Waals surface area (Å²) in [6.45, 7) is 28.3. The zero-order valence-electron chi connectivity index (χ0n) is 68.4. The second kappa shape index (κ2) is 37.9. The van der Waals surface area contributed by atoms with Gasteiger partial charge in [0.2, 0.25) is 11.9 Å². The van der Waals surface area contributed by atoms with Gasteiger partial charge in [-0.15, -0.1) is 0 Å². The van der Waals surface area contributed by atoms with Crippen LogP contribution in [-0.4, -0.2) is 230 Å². The zero-order valence-corrected chi connectivity index (χ0v) is 68.4. The smallest absolute Gasteiger partial charge is 0.254 e. The normalized spacial score (nSPS) is 18.4. The SMILES string of the molecule is Cc1cc(C)c(C(=O)N2CCN(c3ccc(F)cn3)[C@H](CO)C2)c(C)c1CC1CCN(c2ncccn2)CC1.Cc1cc(C)c(C(=O)N2CCN(c3ccccc3)[C@H](C(N)=O)C2)c(C)c1NC1CCN(c2cnccn2)CC1.Cc1cc(C)c(C(=O)N2CCN(c3ccccn3)[C@H](CO)C2)c(C)c1NC1CCN(c2cnccn2)CC1. The minimum atomic E-state index is -0.576. The molecule has 6 saturated heterocycles. The predicted molar refractivity (Wildman–Crippen MR) is 454 cm³/mol. The molecule has 0 aliphatic carbocycles. The molecule has 6 fully saturated rings. The van der Waals surface area contributed by atoms with Crippen LogP contribution in [0.2, 0.25) is 0 Å². The monoisotopic (exact) mass is 1570 g/mol. The Morgan fingerprint density at radius 3 is 1.34 bits per heavy atom. The molecule has 0 radical (unpaired) electrons. The summed E-state index contributed by atoms with van der Waals surface area (Å²) in [7, 11) is 0. The van der Waals surface area contributed by atoms with Gasteiger partial charge in [-0.1, -0.05) is 42.5 Å². The van der Waals surface area contributed by atoms with Crippen LogP contribution >= 0.6 is 0 Å². The molecule has 27 heteroatoms. The molecule has 116 heavy (non-hydrogen) atoms. The number of halogens is 1. The minimum absolute atomic E-state index is 0.00691. The lowest BCUT2D eigenvalue weighted by molar-refractivity contribution is -0.120. The number of nitrogens with one attached hydrogen (secondary N) is 2. The van der Waals surface area contributed by atoms with E-state index >= 15 is 0 Å². The molecule has 0 saturated carbocycles. The van der Waals surface area contributed by atoms with Crippen molar-refractivity contribution in [1.29, 1.82) is 0 Å². The summed E-state index contributed by atoms with van der Waals surface area (Å²) in [6, 6.07) is 26.3. The van der Waals surface area contributed by atoms with Gasteiger partial charge in [-0.25, -0.2) is 34.3 Å². The maximum Gasteiger partial charge on any atom is 0.254 e. The second-order valence-corrected chi connectivity index (χ2v) is 31.7. The average molecular weight is 1580 g/mol. The first kappa shape index (κ1) is 82.5. The lowest BCUT2D eigenvalue weighted by Gasteiger charge is -2.41. The molecular formula is C89H111FN20O6. The quantitative estimate of drug-likeness (QED) is 0.0533. The molecule has 26 nitrogen and oxygen atoms in total. The number of hydrogen-bond acceptors (Lipinski definition) is 22. The van der Waals surface area contributed by atoms with E-state index in [2.05, 4.69) is 123 Å². The number of amides is 4. The number of aromatic nitrogens is 8. The summed E-state index contributed by atoms with van der Waals surface area (Å²) in [5.74, 6) is 3.77. The van der Waals surface area contributed by atoms with E-state index in [1.807, 2.05) is 114 Å². The van der Waals surface area contributed by atoms with Crippen LogP contribution in [0.25, 0.3) is 0 Å². The van der Waals surface area contributed by atoms with E-state index in [4.69, 9.17) is 5.73 Å². The van der Waals surface area contributed by atoms with E-state index in [-0.39, 0.29) is 49.6 Å². The van der Waals surface area contributed by atoms with Gasteiger partial charge in [0.25, 0.3) is 17.7 Å². The highest BCUT2D eigenvalue weighted by molar-refractivity contribution is 6.01. The zero-order chi connectivity index (χ0) is 81.7. The third-order valence-corrected chi connectivity index (χ3v) is 24.1. The molecule has 0 spiro atoms. The lowest BCUT2D eigenvalue weighted by Crippen LogP contribution is -2.59. The molecule has 4 aromatic carbocycles. The first-order chi connectivity index (χ1) is 56.1. The molecule has 6 N–H and O–H groups in total. The van der Waals surface area contributed by atoms with Crippen molar-refractivity contribution in [3.8, 4) is 0 Å². The number of primary amides is 1. The molecular weight excluding hydrogens is 1460 g/mol. The number of aliphatic hydroxyl groups is 2. The maximum atomic E-state index is 13.9. The second-order valence-electron chi connectivity index (χ2n) is 31.7. The largest absolute Gasteiger partial charge is 0.394 e. The van der Waals surface area contributed by atoms with Gasteiger partial charge in [-0.3, -0.25) is 29.1 Å². The van der Waals surface area contributed by atoms with E-state index in [0.717, 1.165) is 180 Å². The number of carbonyl (C=O) groups is 4. The van der Waals surface area contributed by atoms with Crippen molar-refractivity contribution < 1.29 is 33.8 Å². The molecule has 0 bridgehead atoms. The molecule has 15 rings (SSSR count). The van der Waals surface area contributed by atoms with Crippen LogP contribution in [0, 0.1) is 74.0 Å². The number of aliphatic hydroxyl groups excluding tert-OH is 2. The topological polar surface area (TPSA) is 291 Å². The predicted octanol–water partition coefficient (Wildman–Crippen LogP) is 10.2. The standard InChI is InChI=1S/C30H37FN6O2.C30H37N7O2.C29H37N7O2/c1-20-15-21(2)28(22(3)26(20)16-23-7-11-35(12-8-23)30-32-9-4-10-33-30)29(39)36-13-14-37(25(18-36)19-38)27-6-5-24(31)17-34-27;1-20-17-21(2)28(34-23-9-13-35(14-10-23)26-18-32-11-12-33-26)22(3)27(20)30(39)36-15-16-37(25(19-36)29(31)38)24-7-5-4-6-8-24;1-20-16-21(2)28(33-23-7-12-34(13-8-23)26-17-30-10-11-32-26)22(3)27(20)29(38)35-14-15-36(24(18-35)19-37)25-6-4-5-9-31-25/h4-6,9-10,15,17,23,25,38H,7-8,11-14,16,18-19H2,1-3H3;4-8,11-12,17-18,23,25,34H,9-10,13-16,19H2,1-3H3,(H2,31,38);4-6,9-11,16-17,23-24,33,37H,7-8,12-15,18-19H2,1-3H3/t2*25-;24-/m000/s1. The highest BCUT2D eigenvalue weighted by atomic mass is 19.1. The Morgan fingerprint density at radius 2 is 0.879 bits per heavy atom. The Labute approximate surface area is 680 Å². The molecule has 9 aromatic rings. The van der Waals surface area contributed by atoms with Crippen LogP contribution in [0.5, 0.6) is 0 Å². The Hall–Kier alpha value is -11.5. The van der Waals surface area contributed by atoms with Gasteiger partial charge in [0.05, 0.1) is 50.4 Å². The number of nitrogens with two attached hydrogens (primary N) is 1. The third kappa shape index (κ3) is 19.1. The highest BCUT2D eigenvalue weighted by Gasteiger charge is 2.38. The molecule has 6 aliphatic rings. The van der Waals surface area contributed by atoms with Crippen LogP contribution in [0.1, 0.15) is 125 Å². The van der Waals surface area contributed by atoms with Crippen molar-refractivity contribution in [1.82, 2.24) is 54.6 Å². The van der Waals surface area contributed by atoms with E-state index in [0.29, 0.717) is 81.7 Å². The molecule has 5 aromatic heterocycles. The number of nitrogens with zero attached hydrogens (tertiary/aromatic N) is 17. The van der Waals surface area contributed by atoms with Gasteiger partial charge in [0.15, 0.2) is 0 Å². The lowest BCUT2D eigenvalue weighted by atomic mass is 9.84. The number of hydrogen-bond donors (Lipinski definition) is 5. The van der Waals surface area contributed by atoms with Gasteiger partial charge in [-0.2, -0.15) is 0 Å². The summed E-state index contributed by atoms with van der Waals surface area (Å²) < 4.78 is 13.4. The van der Waals surface area contributed by atoms with Gasteiger partial charge in [0.1, 0.15) is 35.1 Å². The van der Waals surface area contributed by atoms with Gasteiger partial charge in [-0.05, 0) is 211 Å². The van der Waals surface area contributed by atoms with E-state index in [9.17, 15) is 33.8 Å². The fourth-order valence-electron chi connectivity index (χ4n) is 17.9. The molecule has 0 unspecified atom stereocenters. The Kier molecular flexibility index (Phi) is 27.0. The van der Waals surface area contributed by atoms with Crippen LogP contribution in [0.3, 0.4) is 0 Å². The van der Waals surface area contributed by atoms with Crippen LogP contribution in [0.4, 0.5) is 50.7 Å². The average Bonchev–Trinajstić information content (AvgIpc) is 0.786. The first-order valence-electron chi connectivity index (χ1n) is 40.8. The maximum absolute atomic E-state index is 13.9. The number of pyridine rings is 2. The molecule has 3 atom stereocenters. The number of piperazine rings is 3. The molecule has 11 heterocycles. The number of benzene rings is 4. The Morgan fingerprint density at radius 1 is 0.431 bits per heavy atom. The van der Waals surface area contributed by atoms with Crippen LogP contribution < -0.4 is 45.8 Å². The number of anilines is 8. The van der Waals surface area contributed by atoms with Crippen LogP contribution in [0.15, 0.2) is 147 Å². The minimum Gasteiger partial charge on any atom is -0.394 e. The number of piperidine rings is 3. The van der Waals surface area contributed by atoms with Gasteiger partial charge in [0, 0.05) is 181 Å². The van der Waals surface area contributed by atoms with Crippen LogP contribution in [-0.2, 0) is 11.2 Å². The number of para-hydroxylation sites is 1. The number of carbonyl (C=O) groups excluding carboxylic acids is 4. The van der Waals surface area contributed by atoms with Crippen molar-refractivity contribution in [2.45, 2.75) is 137 Å². The fourth-order valence-corrected chi connectivity index (χ4v) is 17.9. The van der Waals surface area contributed by atoms with Gasteiger partial charge >= 0.3 is 0 Å². The Bertz CT molecular complexity index is 4830. The molecule has 610 valence electrons. The highest BCUT2D eigenvalue weighted by Crippen LogP contribution is 2.36. The molecule has 6 aliphatic heterocycles. The van der Waals surface area contributed by atoms with Crippen molar-refractivity contribution in [3.05, 3.63) is 225 Å². The summed E-state index contributed by atoms with van der Waals surface area (Å²) in [4.78, 5) is 107. The number of aryl methyl sites for hydroxylation is 6. The third-order valence-electron chi connectivity index (χ3n) is 24.1. The van der Waals surface area contributed by atoms with E-state index in [1.54, 1.807) is 54.3 Å². The summed E-state index contributed by atoms with van der Waals surface area (Å²) in [5.41, 5.74) is 21.8. The summed E-state index contributed by atoms with van der Waals surface area (Å²) in [6.07, 6.45) is 24.0. The Balaban J connectivity index is 0.000000151. The van der Waals surface area contributed by atoms with E-state index < -0.39 is 17.8 Å². The molecule has 4 amide bonds. The first-order valence-corrected chi connectivity index (χ1v) is 40.8. The van der Waals surface area contributed by atoms with Crippen molar-refractivity contribution in [2.24, 2.45) is 11.7 Å². The van der Waals surface area contributed by atoms with Gasteiger partial charge < -0.3 is 70.7 Å². The van der Waals surface area contributed by atoms with E-state index in [1.165, 1.54) is 23.4 Å². The van der Waals surface area contributed by atoms with Crippen molar-refractivity contribution in [3.63, 3.8) is 0 Å². The summed E-state index contributed by atoms with van der Waals surface area (Å²) >= 11 is 0. The van der Waals surface area contributed by atoms with Crippen molar-refractivity contribution >= 4 is 69.9 Å². The summed E-state index contributed by atoms with van der Waals surface area (Å²) in [5, 5.41) is 27.8.